The van der Waals surface area contributed by atoms with E-state index in [1.54, 1.807) is 0 Å². The quantitative estimate of drug-likeness (QED) is 0.845. The van der Waals surface area contributed by atoms with Crippen molar-refractivity contribution in [3.05, 3.63) is 35.1 Å². The first-order valence-electron chi connectivity index (χ1n) is 7.01. The zero-order valence-electron chi connectivity index (χ0n) is 11.9. The fraction of sp³-hybridized carbons (Fsp3) is 0.400. The molecule has 1 saturated heterocycles. The molecule has 1 aliphatic heterocycles. The van der Waals surface area contributed by atoms with Gasteiger partial charge in [-0.1, -0.05) is 23.7 Å². The van der Waals surface area contributed by atoms with Crippen LogP contribution in [0.15, 0.2) is 24.3 Å². The number of halogens is 1. The van der Waals surface area contributed by atoms with Crippen LogP contribution < -0.4 is 0 Å². The molecule has 0 aliphatic carbocycles. The van der Waals surface area contributed by atoms with Gasteiger partial charge in [0.1, 0.15) is 0 Å². The Morgan fingerprint density at radius 1 is 1.14 bits per heavy atom. The Bertz CT molecular complexity index is 668. The highest BCUT2D eigenvalue weighted by atomic mass is 35.5. The number of rotatable bonds is 2. The van der Waals surface area contributed by atoms with Crippen molar-refractivity contribution in [3.63, 3.8) is 0 Å². The Balaban J connectivity index is 1.78. The molecule has 110 valence electrons. The third-order valence-electron chi connectivity index (χ3n) is 3.77. The molecule has 0 N–H and O–H groups in total. The molecular formula is C15H17ClN4O. The highest BCUT2D eigenvalue weighted by Crippen LogP contribution is 2.18. The number of carbonyl (C=O) groups excluding carboxylic acids is 1. The number of nitrogens with zero attached hydrogens (tertiary/aromatic N) is 4. The number of likely N-dealkylation sites (N-methyl/N-ethyl adjacent to an activating group) is 1. The maximum Gasteiger partial charge on any atom is 0.228 e. The Hall–Kier alpha value is -1.72. The molecule has 1 aromatic heterocycles. The summed E-state index contributed by atoms with van der Waals surface area (Å²) in [5.41, 5.74) is 2.07. The first-order valence-corrected chi connectivity index (χ1v) is 7.39. The zero-order chi connectivity index (χ0) is 14.8. The lowest BCUT2D eigenvalue weighted by molar-refractivity contribution is -0.132. The number of fused-ring (bicyclic) bond motifs is 1. The molecule has 3 rings (SSSR count). The number of para-hydroxylation sites is 2. The molecule has 0 unspecified atom stereocenters. The minimum Gasteiger partial charge on any atom is -0.340 e. The van der Waals surface area contributed by atoms with Gasteiger partial charge in [-0.3, -0.25) is 4.79 Å². The van der Waals surface area contributed by atoms with Crippen molar-refractivity contribution in [2.45, 2.75) is 6.42 Å². The average molecular weight is 305 g/mol. The average Bonchev–Trinajstić information content (AvgIpc) is 2.48. The number of carbonyl (C=O) groups is 1. The number of piperazine rings is 1. The fourth-order valence-electron chi connectivity index (χ4n) is 2.44. The monoisotopic (exact) mass is 304 g/mol. The molecule has 6 heteroatoms. The molecule has 0 radical (unpaired) electrons. The summed E-state index contributed by atoms with van der Waals surface area (Å²) in [6.07, 6.45) is 0.209. The highest BCUT2D eigenvalue weighted by molar-refractivity contribution is 6.30. The largest absolute Gasteiger partial charge is 0.340 e. The predicted octanol–water partition coefficient (Wildman–Crippen LogP) is 1.60. The molecule has 5 nitrogen and oxygen atoms in total. The van der Waals surface area contributed by atoms with Gasteiger partial charge in [0.15, 0.2) is 5.15 Å². The van der Waals surface area contributed by atoms with Crippen LogP contribution in [0.5, 0.6) is 0 Å². The van der Waals surface area contributed by atoms with E-state index in [9.17, 15) is 4.79 Å². The Labute approximate surface area is 128 Å². The fourth-order valence-corrected chi connectivity index (χ4v) is 2.64. The molecule has 2 heterocycles. The van der Waals surface area contributed by atoms with Crippen molar-refractivity contribution in [2.75, 3.05) is 33.2 Å². The summed E-state index contributed by atoms with van der Waals surface area (Å²) < 4.78 is 0. The number of hydrogen-bond acceptors (Lipinski definition) is 4. The maximum absolute atomic E-state index is 12.3. The smallest absolute Gasteiger partial charge is 0.228 e. The highest BCUT2D eigenvalue weighted by Gasteiger charge is 2.21. The lowest BCUT2D eigenvalue weighted by atomic mass is 10.2. The van der Waals surface area contributed by atoms with E-state index in [1.807, 2.05) is 29.2 Å². The van der Waals surface area contributed by atoms with E-state index in [0.29, 0.717) is 10.8 Å². The molecule has 1 fully saturated rings. The Kier molecular flexibility index (Phi) is 4.03. The van der Waals surface area contributed by atoms with Crippen molar-refractivity contribution in [2.24, 2.45) is 0 Å². The molecule has 0 bridgehead atoms. The molecule has 1 amide bonds. The van der Waals surface area contributed by atoms with Gasteiger partial charge in [0.25, 0.3) is 0 Å². The molecule has 0 atom stereocenters. The van der Waals surface area contributed by atoms with Gasteiger partial charge in [0, 0.05) is 26.2 Å². The third-order valence-corrected chi connectivity index (χ3v) is 4.07. The standard InChI is InChI=1S/C15H17ClN4O/c1-19-6-8-20(9-7-19)14(21)10-13-15(16)18-12-5-3-2-4-11(12)17-13/h2-5H,6-10H2,1H3. The van der Waals surface area contributed by atoms with E-state index in [0.717, 1.165) is 37.2 Å². The molecule has 0 saturated carbocycles. The van der Waals surface area contributed by atoms with Gasteiger partial charge >= 0.3 is 0 Å². The van der Waals surface area contributed by atoms with Gasteiger partial charge in [0.2, 0.25) is 5.91 Å². The maximum atomic E-state index is 12.3. The van der Waals surface area contributed by atoms with Crippen LogP contribution >= 0.6 is 11.6 Å². The van der Waals surface area contributed by atoms with Crippen molar-refractivity contribution in [3.8, 4) is 0 Å². The van der Waals surface area contributed by atoms with E-state index in [4.69, 9.17) is 11.6 Å². The van der Waals surface area contributed by atoms with Crippen LogP contribution in [0.25, 0.3) is 11.0 Å². The third kappa shape index (κ3) is 3.14. The molecule has 2 aromatic rings. The van der Waals surface area contributed by atoms with Crippen molar-refractivity contribution in [1.82, 2.24) is 19.8 Å². The van der Waals surface area contributed by atoms with Crippen LogP contribution in [-0.2, 0) is 11.2 Å². The second-order valence-corrected chi connectivity index (χ2v) is 5.67. The minimum absolute atomic E-state index is 0.0644. The summed E-state index contributed by atoms with van der Waals surface area (Å²) >= 11 is 6.16. The number of amides is 1. The van der Waals surface area contributed by atoms with Crippen molar-refractivity contribution < 1.29 is 4.79 Å². The van der Waals surface area contributed by atoms with Gasteiger partial charge in [0.05, 0.1) is 23.1 Å². The van der Waals surface area contributed by atoms with Crippen LogP contribution in [0.3, 0.4) is 0 Å². The van der Waals surface area contributed by atoms with E-state index in [-0.39, 0.29) is 12.3 Å². The predicted molar refractivity (Wildman–Crippen MR) is 82.3 cm³/mol. The normalized spacial score (nSPS) is 16.4. The van der Waals surface area contributed by atoms with E-state index in [2.05, 4.69) is 21.9 Å². The molecule has 1 aliphatic rings. The first kappa shape index (κ1) is 14.2. The molecule has 21 heavy (non-hydrogen) atoms. The lowest BCUT2D eigenvalue weighted by Crippen LogP contribution is -2.47. The van der Waals surface area contributed by atoms with E-state index >= 15 is 0 Å². The number of aromatic nitrogens is 2. The lowest BCUT2D eigenvalue weighted by Gasteiger charge is -2.32. The topological polar surface area (TPSA) is 49.3 Å². The summed E-state index contributed by atoms with van der Waals surface area (Å²) in [6.45, 7) is 3.33. The molecule has 0 spiro atoms. The van der Waals surface area contributed by atoms with E-state index < -0.39 is 0 Å². The number of hydrogen-bond donors (Lipinski definition) is 0. The number of benzene rings is 1. The van der Waals surface area contributed by atoms with Gasteiger partial charge < -0.3 is 9.80 Å². The van der Waals surface area contributed by atoms with Gasteiger partial charge in [-0.25, -0.2) is 9.97 Å². The molecule has 1 aromatic carbocycles. The Morgan fingerprint density at radius 3 is 2.43 bits per heavy atom. The van der Waals surface area contributed by atoms with E-state index in [1.165, 1.54) is 0 Å². The minimum atomic E-state index is 0.0644. The second kappa shape index (κ2) is 5.95. The summed E-state index contributed by atoms with van der Waals surface area (Å²) in [7, 11) is 2.06. The summed E-state index contributed by atoms with van der Waals surface area (Å²) in [4.78, 5) is 25.2. The van der Waals surface area contributed by atoms with Crippen molar-refractivity contribution >= 4 is 28.5 Å². The van der Waals surface area contributed by atoms with Gasteiger partial charge in [-0.05, 0) is 19.2 Å². The summed E-state index contributed by atoms with van der Waals surface area (Å²) in [6, 6.07) is 7.53. The molecular weight excluding hydrogens is 288 g/mol. The SMILES string of the molecule is CN1CCN(C(=O)Cc2nc3ccccc3nc2Cl)CC1. The Morgan fingerprint density at radius 2 is 1.76 bits per heavy atom. The van der Waals surface area contributed by atoms with Crippen LogP contribution in [-0.4, -0.2) is 58.9 Å². The van der Waals surface area contributed by atoms with Crippen LogP contribution in [0.2, 0.25) is 5.15 Å². The van der Waals surface area contributed by atoms with Crippen LogP contribution in [0.1, 0.15) is 5.69 Å². The van der Waals surface area contributed by atoms with Crippen molar-refractivity contribution in [1.29, 1.82) is 0 Å². The van der Waals surface area contributed by atoms with Gasteiger partial charge in [-0.15, -0.1) is 0 Å². The van der Waals surface area contributed by atoms with Crippen LogP contribution in [0, 0.1) is 0 Å². The van der Waals surface area contributed by atoms with Gasteiger partial charge in [-0.2, -0.15) is 0 Å². The first-order chi connectivity index (χ1) is 10.1. The summed E-state index contributed by atoms with van der Waals surface area (Å²) in [5, 5.41) is 0.316. The summed E-state index contributed by atoms with van der Waals surface area (Å²) in [5.74, 6) is 0.0644. The van der Waals surface area contributed by atoms with Crippen LogP contribution in [0.4, 0.5) is 0 Å². The zero-order valence-corrected chi connectivity index (χ0v) is 12.7. The second-order valence-electron chi connectivity index (χ2n) is 5.31.